The van der Waals surface area contributed by atoms with Crippen molar-refractivity contribution in [2.45, 2.75) is 20.4 Å². The fourth-order valence-electron chi connectivity index (χ4n) is 3.90. The summed E-state index contributed by atoms with van der Waals surface area (Å²) in [5.41, 5.74) is 2.95. The highest BCUT2D eigenvalue weighted by atomic mass is 19.1. The molecule has 0 saturated heterocycles. The first kappa shape index (κ1) is 19.6. The zero-order chi connectivity index (χ0) is 21.5. The molecule has 162 valence electrons. The lowest BCUT2D eigenvalue weighted by Crippen LogP contribution is -2.29. The first-order valence-corrected chi connectivity index (χ1v) is 10.4. The number of nitrogens with zero attached hydrogens (tertiary/aromatic N) is 5. The van der Waals surface area contributed by atoms with Crippen LogP contribution in [0.4, 0.5) is 10.2 Å². The predicted molar refractivity (Wildman–Crippen MR) is 115 cm³/mol. The zero-order valence-corrected chi connectivity index (χ0v) is 17.6. The average molecular weight is 424 g/mol. The molecule has 9 heteroatoms. The monoisotopic (exact) mass is 424 g/mol. The number of fused-ring (bicyclic) bond motifs is 1. The fraction of sp³-hybridized carbons (Fsp3) is 0.409. The summed E-state index contributed by atoms with van der Waals surface area (Å²) in [6.45, 7) is 11.1. The molecule has 0 aliphatic carbocycles. The van der Waals surface area contributed by atoms with Gasteiger partial charge in [-0.15, -0.1) is 0 Å². The molecule has 0 radical (unpaired) electrons. The Hall–Kier alpha value is -3.36. The Morgan fingerprint density at radius 2 is 2.03 bits per heavy atom. The lowest BCUT2D eigenvalue weighted by atomic mass is 10.1. The molecule has 0 spiro atoms. The van der Waals surface area contributed by atoms with Crippen LogP contribution in [0.2, 0.25) is 0 Å². The van der Waals surface area contributed by atoms with E-state index >= 15 is 0 Å². The number of nitrogens with one attached hydrogen (secondary N) is 1. The van der Waals surface area contributed by atoms with E-state index < -0.39 is 5.82 Å². The number of anilines is 1. The molecule has 0 amide bonds. The Labute approximate surface area is 179 Å². The van der Waals surface area contributed by atoms with E-state index in [0.717, 1.165) is 11.3 Å². The van der Waals surface area contributed by atoms with Gasteiger partial charge in [0.1, 0.15) is 5.82 Å². The molecule has 5 heterocycles. The number of ether oxygens (including phenoxy) is 2. The number of hydrogen-bond donors (Lipinski definition) is 1. The fourth-order valence-corrected chi connectivity index (χ4v) is 3.90. The van der Waals surface area contributed by atoms with Gasteiger partial charge in [-0.05, 0) is 6.07 Å². The Kier molecular flexibility index (Phi) is 4.88. The molecule has 3 aromatic rings. The number of rotatable bonds is 0. The Bertz CT molecular complexity index is 1150. The second kappa shape index (κ2) is 7.72. The van der Waals surface area contributed by atoms with Gasteiger partial charge in [-0.25, -0.2) is 18.9 Å². The Balaban J connectivity index is 1.67. The topological polar surface area (TPSA) is 76.8 Å². The summed E-state index contributed by atoms with van der Waals surface area (Å²) < 4.78 is 27.8. The van der Waals surface area contributed by atoms with Crippen molar-refractivity contribution in [3.8, 4) is 11.6 Å². The van der Waals surface area contributed by atoms with Crippen LogP contribution >= 0.6 is 0 Å². The molecule has 8 nitrogen and oxygen atoms in total. The third-order valence-electron chi connectivity index (χ3n) is 5.54. The number of aromatic nitrogens is 4. The molecule has 2 atom stereocenters. The third kappa shape index (κ3) is 3.75. The maximum atomic E-state index is 14.1. The minimum atomic E-state index is -0.393. The van der Waals surface area contributed by atoms with Crippen molar-refractivity contribution in [2.75, 3.05) is 31.2 Å². The zero-order valence-electron chi connectivity index (χ0n) is 17.6. The van der Waals surface area contributed by atoms with Crippen LogP contribution in [0.3, 0.4) is 0 Å². The van der Waals surface area contributed by atoms with Gasteiger partial charge in [-0.1, -0.05) is 20.4 Å². The highest BCUT2D eigenvalue weighted by molar-refractivity contribution is 5.75. The van der Waals surface area contributed by atoms with Gasteiger partial charge in [0.05, 0.1) is 37.4 Å². The second-order valence-corrected chi connectivity index (χ2v) is 8.45. The molecule has 0 unspecified atom stereocenters. The largest absolute Gasteiger partial charge is 0.488 e. The Morgan fingerprint density at radius 1 is 1.19 bits per heavy atom. The quantitative estimate of drug-likeness (QED) is 0.595. The summed E-state index contributed by atoms with van der Waals surface area (Å²) >= 11 is 0. The van der Waals surface area contributed by atoms with Crippen molar-refractivity contribution in [2.24, 2.45) is 11.8 Å². The molecule has 1 N–H and O–H groups in total. The van der Waals surface area contributed by atoms with Gasteiger partial charge in [0.15, 0.2) is 17.2 Å². The summed E-state index contributed by atoms with van der Waals surface area (Å²) in [5, 5.41) is 7.80. The van der Waals surface area contributed by atoms with Crippen molar-refractivity contribution in [1.29, 1.82) is 0 Å². The molecular weight excluding hydrogens is 399 g/mol. The van der Waals surface area contributed by atoms with Crippen LogP contribution < -0.4 is 19.7 Å². The number of halogens is 1. The summed E-state index contributed by atoms with van der Waals surface area (Å²) in [6, 6.07) is 1.48. The standard InChI is InChI=1S/C22H25FN6O2/c1-13-5-24-15(3)18-7-26-29-10-19-21(27-20(18)29)28(8-14(2)12-30-19)9-16-4-17(23)6-25-22(16)31-11-13/h4,6-7,10,13-14,24H,3,5,8-9,11-12H2,1-2H3/t13-,14-/m0/s1. The normalized spacial score (nSPS) is 21.5. The maximum Gasteiger partial charge on any atom is 0.218 e. The van der Waals surface area contributed by atoms with Crippen LogP contribution in [0.15, 0.2) is 31.2 Å². The SMILES string of the molecule is C=C1NC[C@H](C)COc2ncc(F)cc2CN2C[C@H](C)COc3cn4ncc1c4nc32. The highest BCUT2D eigenvalue weighted by Crippen LogP contribution is 2.34. The van der Waals surface area contributed by atoms with Gasteiger partial charge in [0.25, 0.3) is 0 Å². The van der Waals surface area contributed by atoms with Gasteiger partial charge >= 0.3 is 0 Å². The first-order valence-electron chi connectivity index (χ1n) is 10.4. The van der Waals surface area contributed by atoms with E-state index in [0.29, 0.717) is 61.5 Å². The van der Waals surface area contributed by atoms with Crippen molar-refractivity contribution in [3.05, 3.63) is 48.2 Å². The van der Waals surface area contributed by atoms with Crippen LogP contribution in [0.5, 0.6) is 11.6 Å². The minimum Gasteiger partial charge on any atom is -0.488 e. The molecule has 0 fully saturated rings. The lowest BCUT2D eigenvalue weighted by molar-refractivity contribution is 0.247. The van der Waals surface area contributed by atoms with E-state index in [-0.39, 0.29) is 11.8 Å². The molecule has 3 aromatic heterocycles. The summed E-state index contributed by atoms with van der Waals surface area (Å²) in [4.78, 5) is 11.2. The molecule has 0 aromatic carbocycles. The van der Waals surface area contributed by atoms with Gasteiger partial charge < -0.3 is 19.7 Å². The molecule has 0 saturated carbocycles. The van der Waals surface area contributed by atoms with Gasteiger partial charge in [-0.2, -0.15) is 5.10 Å². The molecular formula is C22H25FN6O2. The predicted octanol–water partition coefficient (Wildman–Crippen LogP) is 2.89. The van der Waals surface area contributed by atoms with E-state index in [1.54, 1.807) is 10.7 Å². The maximum absolute atomic E-state index is 14.1. The molecule has 31 heavy (non-hydrogen) atoms. The first-order chi connectivity index (χ1) is 15.0. The van der Waals surface area contributed by atoms with E-state index in [1.165, 1.54) is 12.3 Å². The summed E-state index contributed by atoms with van der Waals surface area (Å²) in [6.07, 6.45) is 4.79. The van der Waals surface area contributed by atoms with Crippen molar-refractivity contribution in [3.63, 3.8) is 0 Å². The summed E-state index contributed by atoms with van der Waals surface area (Å²) in [5.74, 6) is 1.81. The van der Waals surface area contributed by atoms with Gasteiger partial charge in [0.2, 0.25) is 5.88 Å². The highest BCUT2D eigenvalue weighted by Gasteiger charge is 2.26. The average Bonchev–Trinajstić information content (AvgIpc) is 3.10. The van der Waals surface area contributed by atoms with Crippen LogP contribution in [-0.2, 0) is 6.54 Å². The molecule has 2 aliphatic rings. The lowest BCUT2D eigenvalue weighted by Gasteiger charge is -2.26. The summed E-state index contributed by atoms with van der Waals surface area (Å²) in [7, 11) is 0. The van der Waals surface area contributed by atoms with Crippen LogP contribution in [-0.4, -0.2) is 45.9 Å². The van der Waals surface area contributed by atoms with Crippen molar-refractivity contribution in [1.82, 2.24) is 24.9 Å². The van der Waals surface area contributed by atoms with E-state index in [2.05, 4.69) is 40.7 Å². The smallest absolute Gasteiger partial charge is 0.218 e. The van der Waals surface area contributed by atoms with E-state index in [4.69, 9.17) is 14.5 Å². The van der Waals surface area contributed by atoms with Crippen LogP contribution in [0, 0.1) is 17.7 Å². The molecule has 2 bridgehead atoms. The third-order valence-corrected chi connectivity index (χ3v) is 5.54. The van der Waals surface area contributed by atoms with Crippen LogP contribution in [0.1, 0.15) is 25.0 Å². The minimum absolute atomic E-state index is 0.183. The van der Waals surface area contributed by atoms with Crippen molar-refractivity contribution < 1.29 is 13.9 Å². The molecule has 2 aliphatic heterocycles. The van der Waals surface area contributed by atoms with Gasteiger partial charge in [-0.3, -0.25) is 0 Å². The Morgan fingerprint density at radius 3 is 2.90 bits per heavy atom. The van der Waals surface area contributed by atoms with E-state index in [1.807, 2.05) is 6.20 Å². The number of hydrogen-bond acceptors (Lipinski definition) is 7. The second-order valence-electron chi connectivity index (χ2n) is 8.45. The number of pyridine rings is 1. The van der Waals surface area contributed by atoms with Crippen molar-refractivity contribution >= 4 is 17.2 Å². The van der Waals surface area contributed by atoms with E-state index in [9.17, 15) is 4.39 Å². The van der Waals surface area contributed by atoms with Gasteiger partial charge in [0, 0.05) is 42.7 Å². The molecule has 5 rings (SSSR count). The van der Waals surface area contributed by atoms with Crippen LogP contribution in [0.25, 0.3) is 11.3 Å².